The molecule has 9 aromatic rings. The highest BCUT2D eigenvalue weighted by Gasteiger charge is 2.32. The van der Waals surface area contributed by atoms with Crippen LogP contribution < -0.4 is 20.2 Å². The minimum absolute atomic E-state index is 1.09. The van der Waals surface area contributed by atoms with Gasteiger partial charge in [0.1, 0.15) is 0 Å². The van der Waals surface area contributed by atoms with Crippen LogP contribution in [0.25, 0.3) is 50.3 Å². The van der Waals surface area contributed by atoms with Gasteiger partial charge in [-0.25, -0.2) is 0 Å². The highest BCUT2D eigenvalue weighted by Crippen LogP contribution is 2.56. The molecule has 0 saturated carbocycles. The lowest BCUT2D eigenvalue weighted by molar-refractivity contribution is 1.13. The minimum Gasteiger partial charge on any atom is -0.309 e. The van der Waals surface area contributed by atoms with Gasteiger partial charge in [-0.1, -0.05) is 78.9 Å². The van der Waals surface area contributed by atoms with Gasteiger partial charge < -0.3 is 14.4 Å². The molecule has 10 rings (SSSR count). The molecule has 5 heteroatoms. The third kappa shape index (κ3) is 6.27. The van der Waals surface area contributed by atoms with Gasteiger partial charge in [-0.3, -0.25) is 9.98 Å². The van der Waals surface area contributed by atoms with E-state index < -0.39 is 0 Å². The predicted octanol–water partition coefficient (Wildman–Crippen LogP) is 12.7. The number of aliphatic imine (C=N–C) groups is 1. The Balaban J connectivity index is 1.27. The highest BCUT2D eigenvalue weighted by molar-refractivity contribution is 6.10. The van der Waals surface area contributed by atoms with Crippen LogP contribution in [0.3, 0.4) is 0 Å². The van der Waals surface area contributed by atoms with Crippen molar-refractivity contribution >= 4 is 73.8 Å². The summed E-state index contributed by atoms with van der Waals surface area (Å²) in [6.07, 6.45) is 7.69. The molecule has 0 saturated heterocycles. The number of pyridine rings is 1. The molecule has 1 aliphatic rings. The van der Waals surface area contributed by atoms with Crippen LogP contribution in [0.5, 0.6) is 0 Å². The molecule has 3 heterocycles. The van der Waals surface area contributed by atoms with Crippen molar-refractivity contribution in [3.8, 4) is 16.8 Å². The van der Waals surface area contributed by atoms with Gasteiger partial charge in [0.2, 0.25) is 0 Å². The number of aryl methyl sites for hydroxylation is 3. The highest BCUT2D eigenvalue weighted by atomic mass is 15.3. The largest absolute Gasteiger partial charge is 0.309 e. The number of rotatable bonds is 6. The Morgan fingerprint density at radius 3 is 1.87 bits per heavy atom. The molecular weight excluding hydrogens is 731 g/mol. The summed E-state index contributed by atoms with van der Waals surface area (Å²) in [4.78, 5) is 13.5. The first-order valence-corrected chi connectivity index (χ1v) is 20.5. The van der Waals surface area contributed by atoms with Crippen molar-refractivity contribution in [1.29, 1.82) is 0 Å². The number of aromatic nitrogens is 2. The molecular formula is C55H45N5. The van der Waals surface area contributed by atoms with E-state index >= 15 is 0 Å². The van der Waals surface area contributed by atoms with Crippen LogP contribution in [0.1, 0.15) is 29.2 Å². The van der Waals surface area contributed by atoms with Crippen molar-refractivity contribution in [2.75, 3.05) is 16.8 Å². The van der Waals surface area contributed by atoms with Crippen LogP contribution in [-0.4, -0.2) is 22.8 Å². The van der Waals surface area contributed by atoms with E-state index in [0.29, 0.717) is 0 Å². The van der Waals surface area contributed by atoms with Crippen LogP contribution in [0, 0.1) is 20.8 Å². The molecule has 290 valence electrons. The molecule has 7 aromatic carbocycles. The first-order valence-electron chi connectivity index (χ1n) is 20.5. The lowest BCUT2D eigenvalue weighted by Crippen LogP contribution is -2.27. The molecule has 0 atom stereocenters. The summed E-state index contributed by atoms with van der Waals surface area (Å²) in [5.74, 6) is 0. The molecule has 0 unspecified atom stereocenters. The smallest absolute Gasteiger partial charge is 0.0724 e. The first kappa shape index (κ1) is 36.8. The number of hydrogen-bond donors (Lipinski definition) is 0. The Kier molecular flexibility index (Phi) is 9.22. The summed E-state index contributed by atoms with van der Waals surface area (Å²) >= 11 is 0. The average molecular weight is 776 g/mol. The third-order valence-corrected chi connectivity index (χ3v) is 11.9. The van der Waals surface area contributed by atoms with E-state index in [1.807, 2.05) is 25.7 Å². The maximum absolute atomic E-state index is 4.34. The number of anilines is 6. The number of para-hydroxylation sites is 2. The monoisotopic (exact) mass is 775 g/mol. The number of fused-ring (bicyclic) bond motifs is 5. The standard InChI is InChI=1S/C55H45N5/c1-36-30-37(2)32-45(31-36)60-54-33-42(40-25-28-57-29-26-40)19-22-52(54)59(43-20-18-38(3)49(34-43)39(4)46-13-7-6-12-41(46)24-27-56-5)53-23-21-44(35-55(53)60)58-50-16-10-8-14-47(50)48-15-9-11-17-51(48)58/h6-35H,1-5H3/b41-24-,46-39+,56-27+. The summed E-state index contributed by atoms with van der Waals surface area (Å²) in [5.41, 5.74) is 18.4. The van der Waals surface area contributed by atoms with E-state index in [1.165, 1.54) is 54.9 Å². The van der Waals surface area contributed by atoms with Gasteiger partial charge in [-0.2, -0.15) is 0 Å². The SMILES string of the molecule is C/N=C/C=c1/cccc/c1=C(/C)c1cc(N2c3ccc(-c4ccncc4)cc3N(c3cc(C)cc(C)c3)c3cc(-n4c5ccccc5c5ccccc54)ccc32)ccc1C. The normalized spacial score (nSPS) is 13.3. The van der Waals surface area contributed by atoms with Crippen LogP contribution in [0.15, 0.2) is 175 Å². The van der Waals surface area contributed by atoms with Gasteiger partial charge in [0.15, 0.2) is 0 Å². The molecule has 0 bridgehead atoms. The zero-order valence-electron chi connectivity index (χ0n) is 34.6. The van der Waals surface area contributed by atoms with E-state index in [-0.39, 0.29) is 0 Å². The predicted molar refractivity (Wildman–Crippen MR) is 254 cm³/mol. The number of hydrogen-bond acceptors (Lipinski definition) is 4. The zero-order valence-corrected chi connectivity index (χ0v) is 34.6. The fraction of sp³-hybridized carbons (Fsp3) is 0.0909. The number of nitrogens with zero attached hydrogens (tertiary/aromatic N) is 5. The van der Waals surface area contributed by atoms with Crippen LogP contribution in [0.2, 0.25) is 0 Å². The van der Waals surface area contributed by atoms with Gasteiger partial charge in [-0.05, 0) is 162 Å². The summed E-state index contributed by atoms with van der Waals surface area (Å²) in [6.45, 7) is 8.82. The molecule has 5 nitrogen and oxygen atoms in total. The van der Waals surface area contributed by atoms with Gasteiger partial charge in [0.05, 0.1) is 33.8 Å². The molecule has 0 N–H and O–H groups in total. The third-order valence-electron chi connectivity index (χ3n) is 11.9. The molecule has 2 aromatic heterocycles. The second kappa shape index (κ2) is 15.0. The Bertz CT molecular complexity index is 3210. The quantitative estimate of drug-likeness (QED) is 0.158. The van der Waals surface area contributed by atoms with Gasteiger partial charge in [0.25, 0.3) is 0 Å². The zero-order chi connectivity index (χ0) is 40.9. The molecule has 0 fully saturated rings. The Morgan fingerprint density at radius 2 is 1.15 bits per heavy atom. The molecule has 0 aliphatic carbocycles. The summed E-state index contributed by atoms with van der Waals surface area (Å²) in [6, 6.07) is 57.8. The molecule has 0 spiro atoms. The van der Waals surface area contributed by atoms with Crippen molar-refractivity contribution in [3.63, 3.8) is 0 Å². The fourth-order valence-electron chi connectivity index (χ4n) is 9.17. The maximum atomic E-state index is 4.34. The van der Waals surface area contributed by atoms with Crippen molar-refractivity contribution in [1.82, 2.24) is 9.55 Å². The number of benzene rings is 7. The average Bonchev–Trinajstić information content (AvgIpc) is 3.61. The van der Waals surface area contributed by atoms with Gasteiger partial charge in [0, 0.05) is 53.5 Å². The molecule has 0 radical (unpaired) electrons. The summed E-state index contributed by atoms with van der Waals surface area (Å²) in [7, 11) is 1.81. The van der Waals surface area contributed by atoms with E-state index in [2.05, 4.69) is 216 Å². The lowest BCUT2D eigenvalue weighted by Gasteiger charge is -2.41. The van der Waals surface area contributed by atoms with E-state index in [0.717, 1.165) is 56.2 Å². The molecule has 1 aliphatic heterocycles. The van der Waals surface area contributed by atoms with Crippen molar-refractivity contribution in [2.24, 2.45) is 4.99 Å². The van der Waals surface area contributed by atoms with Crippen molar-refractivity contribution in [2.45, 2.75) is 27.7 Å². The van der Waals surface area contributed by atoms with Crippen LogP contribution >= 0.6 is 0 Å². The minimum atomic E-state index is 1.09. The second-order valence-electron chi connectivity index (χ2n) is 15.8. The Hall–Kier alpha value is -7.50. The van der Waals surface area contributed by atoms with Crippen molar-refractivity contribution < 1.29 is 0 Å². The Labute approximate surface area is 351 Å². The van der Waals surface area contributed by atoms with Crippen molar-refractivity contribution in [3.05, 3.63) is 203 Å². The topological polar surface area (TPSA) is 36.7 Å². The molecule has 60 heavy (non-hydrogen) atoms. The second-order valence-corrected chi connectivity index (χ2v) is 15.8. The van der Waals surface area contributed by atoms with E-state index in [9.17, 15) is 0 Å². The van der Waals surface area contributed by atoms with E-state index in [1.54, 1.807) is 0 Å². The maximum Gasteiger partial charge on any atom is 0.0724 e. The lowest BCUT2D eigenvalue weighted by atomic mass is 9.96. The fourth-order valence-corrected chi connectivity index (χ4v) is 9.17. The van der Waals surface area contributed by atoms with E-state index in [4.69, 9.17) is 0 Å². The summed E-state index contributed by atoms with van der Waals surface area (Å²) < 4.78 is 2.41. The first-order chi connectivity index (χ1) is 29.4. The molecule has 0 amide bonds. The summed E-state index contributed by atoms with van der Waals surface area (Å²) in [5, 5.41) is 4.82. The van der Waals surface area contributed by atoms with Gasteiger partial charge in [-0.15, -0.1) is 0 Å². The van der Waals surface area contributed by atoms with Crippen LogP contribution in [0.4, 0.5) is 34.1 Å². The van der Waals surface area contributed by atoms with Gasteiger partial charge >= 0.3 is 0 Å². The Morgan fingerprint density at radius 1 is 0.533 bits per heavy atom. The van der Waals surface area contributed by atoms with Crippen LogP contribution in [-0.2, 0) is 0 Å².